The maximum Gasteiger partial charge on any atom is 0.343 e. The molecule has 52 heavy (non-hydrogen) atoms. The Hall–Kier alpha value is -6.02. The van der Waals surface area contributed by atoms with E-state index in [-0.39, 0.29) is 29.2 Å². The second kappa shape index (κ2) is 18.8. The first kappa shape index (κ1) is 37.2. The fourth-order valence-corrected chi connectivity index (χ4v) is 5.32. The molecule has 266 valence electrons. The van der Waals surface area contributed by atoms with Gasteiger partial charge >= 0.3 is 23.9 Å². The number of hydrogen-bond donors (Lipinski definition) is 0. The fourth-order valence-electron chi connectivity index (χ4n) is 5.32. The molecule has 0 saturated carbocycles. The average Bonchev–Trinajstić information content (AvgIpc) is 3.18. The molecule has 0 heterocycles. The zero-order valence-electron chi connectivity index (χ0n) is 29.4. The molecule has 8 heteroatoms. The Balaban J connectivity index is 1.15. The zero-order chi connectivity index (χ0) is 36.7. The summed E-state index contributed by atoms with van der Waals surface area (Å²) < 4.78 is 22.3. The van der Waals surface area contributed by atoms with Crippen LogP contribution in [0.3, 0.4) is 0 Å². The number of ether oxygens (including phenoxy) is 4. The average molecular weight is 699 g/mol. The Morgan fingerprint density at radius 1 is 0.481 bits per heavy atom. The van der Waals surface area contributed by atoms with E-state index in [1.54, 1.807) is 48.5 Å². The number of carbonyl (C=O) groups excluding carboxylic acids is 4. The van der Waals surface area contributed by atoms with Crippen molar-refractivity contribution in [2.24, 2.45) is 0 Å². The molecule has 5 aromatic rings. The van der Waals surface area contributed by atoms with Crippen LogP contribution < -0.4 is 9.47 Å². The maximum absolute atomic E-state index is 13.2. The Kier molecular flexibility index (Phi) is 13.5. The second-order valence-electron chi connectivity index (χ2n) is 12.3. The zero-order valence-corrected chi connectivity index (χ0v) is 29.4. The smallest absolute Gasteiger partial charge is 0.343 e. The van der Waals surface area contributed by atoms with Gasteiger partial charge in [0.25, 0.3) is 0 Å². The third-order valence-corrected chi connectivity index (χ3v) is 8.40. The summed E-state index contributed by atoms with van der Waals surface area (Å²) in [7, 11) is 0. The van der Waals surface area contributed by atoms with Gasteiger partial charge in [-0.2, -0.15) is 0 Å². The lowest BCUT2D eigenvalue weighted by molar-refractivity contribution is -0.00134. The summed E-state index contributed by atoms with van der Waals surface area (Å²) in [6.45, 7) is 4.03. The molecule has 0 radical (unpaired) electrons. The Labute approximate surface area is 304 Å². The van der Waals surface area contributed by atoms with Crippen LogP contribution in [0.15, 0.2) is 127 Å². The second-order valence-corrected chi connectivity index (χ2v) is 12.3. The van der Waals surface area contributed by atoms with E-state index in [9.17, 15) is 19.2 Å². The highest BCUT2D eigenvalue weighted by Gasteiger charge is 2.21. The molecule has 0 saturated heterocycles. The summed E-state index contributed by atoms with van der Waals surface area (Å²) in [6, 6.07) is 35.7. The van der Waals surface area contributed by atoms with Crippen LogP contribution in [0.4, 0.5) is 0 Å². The summed E-state index contributed by atoms with van der Waals surface area (Å²) >= 11 is 0. The van der Waals surface area contributed by atoms with Gasteiger partial charge in [0, 0.05) is 0 Å². The lowest BCUT2D eigenvalue weighted by Gasteiger charge is -2.18. The number of esters is 4. The van der Waals surface area contributed by atoms with Crippen molar-refractivity contribution in [3.05, 3.63) is 166 Å². The molecule has 8 nitrogen and oxygen atoms in total. The molecule has 5 rings (SSSR count). The van der Waals surface area contributed by atoms with Crippen molar-refractivity contribution in [2.75, 3.05) is 6.61 Å². The van der Waals surface area contributed by atoms with Gasteiger partial charge in [0.1, 0.15) is 18.1 Å². The van der Waals surface area contributed by atoms with Crippen LogP contribution in [0.25, 0.3) is 0 Å². The van der Waals surface area contributed by atoms with Crippen LogP contribution in [0.2, 0.25) is 0 Å². The number of rotatable bonds is 16. The monoisotopic (exact) mass is 698 g/mol. The molecule has 0 bridgehead atoms. The summed E-state index contributed by atoms with van der Waals surface area (Å²) in [6.07, 6.45) is 5.39. The van der Waals surface area contributed by atoms with Crippen molar-refractivity contribution in [2.45, 2.75) is 58.5 Å². The highest BCUT2D eigenvalue weighted by Crippen LogP contribution is 2.23. The molecule has 0 fully saturated rings. The molecule has 1 unspecified atom stereocenters. The van der Waals surface area contributed by atoms with Gasteiger partial charge in [-0.25, -0.2) is 19.2 Å². The van der Waals surface area contributed by atoms with E-state index in [4.69, 9.17) is 18.9 Å². The van der Waals surface area contributed by atoms with Crippen molar-refractivity contribution < 1.29 is 38.1 Å². The Morgan fingerprint density at radius 2 is 0.885 bits per heavy atom. The molecule has 0 spiro atoms. The van der Waals surface area contributed by atoms with E-state index >= 15 is 0 Å². The first-order chi connectivity index (χ1) is 25.3. The minimum atomic E-state index is -0.899. The minimum absolute atomic E-state index is 0.227. The van der Waals surface area contributed by atoms with Gasteiger partial charge in [-0.3, -0.25) is 0 Å². The summed E-state index contributed by atoms with van der Waals surface area (Å²) in [4.78, 5) is 51.4. The third kappa shape index (κ3) is 10.7. The molecule has 0 N–H and O–H groups in total. The van der Waals surface area contributed by atoms with E-state index in [1.165, 1.54) is 59.7 Å². The molecule has 1 atom stereocenters. The van der Waals surface area contributed by atoms with Gasteiger partial charge in [-0.05, 0) is 115 Å². The number of hydrogen-bond acceptors (Lipinski definition) is 8. The van der Waals surface area contributed by atoms with Gasteiger partial charge in [0.15, 0.2) is 6.10 Å². The molecular formula is C44H42O8. The van der Waals surface area contributed by atoms with Crippen LogP contribution in [0.1, 0.15) is 104 Å². The molecule has 0 aliphatic rings. The molecule has 0 aromatic heterocycles. The van der Waals surface area contributed by atoms with Crippen LogP contribution in [-0.2, 0) is 22.3 Å². The number of aryl methyl sites for hydroxylation is 2. The molecule has 0 aliphatic carbocycles. The highest BCUT2D eigenvalue weighted by atomic mass is 16.6. The van der Waals surface area contributed by atoms with E-state index < -0.39 is 30.0 Å². The number of benzene rings is 5. The summed E-state index contributed by atoms with van der Waals surface area (Å²) in [5.41, 5.74) is 4.29. The van der Waals surface area contributed by atoms with Gasteiger partial charge in [0.2, 0.25) is 0 Å². The van der Waals surface area contributed by atoms with Gasteiger partial charge in [0.05, 0.1) is 22.3 Å². The van der Waals surface area contributed by atoms with Crippen molar-refractivity contribution in [1.82, 2.24) is 0 Å². The highest BCUT2D eigenvalue weighted by molar-refractivity contribution is 5.93. The van der Waals surface area contributed by atoms with Crippen LogP contribution in [0, 0.1) is 0 Å². The van der Waals surface area contributed by atoms with Crippen molar-refractivity contribution in [1.29, 1.82) is 0 Å². The van der Waals surface area contributed by atoms with Crippen molar-refractivity contribution >= 4 is 23.9 Å². The van der Waals surface area contributed by atoms with Gasteiger partial charge in [-0.15, -0.1) is 0 Å². The normalized spacial score (nSPS) is 11.3. The largest absolute Gasteiger partial charge is 0.458 e. The first-order valence-corrected chi connectivity index (χ1v) is 17.6. The quantitative estimate of drug-likeness (QED) is 0.0741. The predicted molar refractivity (Wildman–Crippen MR) is 198 cm³/mol. The van der Waals surface area contributed by atoms with E-state index in [0.717, 1.165) is 38.5 Å². The SMILES string of the molecule is CCCCc1ccc(C(=O)Oc2ccc(C(=O)OCC(OC(=O)c3ccc(OC(=O)c4ccc(CCCC)cc4)cc3)c3ccccc3)cc2)cc1. The molecule has 0 amide bonds. The molecular weight excluding hydrogens is 656 g/mol. The topological polar surface area (TPSA) is 105 Å². The molecule has 5 aromatic carbocycles. The molecule has 0 aliphatic heterocycles. The lowest BCUT2D eigenvalue weighted by atomic mass is 10.1. The van der Waals surface area contributed by atoms with E-state index in [2.05, 4.69) is 13.8 Å². The van der Waals surface area contributed by atoms with Crippen molar-refractivity contribution in [3.8, 4) is 11.5 Å². The Morgan fingerprint density at radius 3 is 1.33 bits per heavy atom. The number of unbranched alkanes of at least 4 members (excludes halogenated alkanes) is 2. The van der Waals surface area contributed by atoms with Crippen LogP contribution in [-0.4, -0.2) is 30.5 Å². The van der Waals surface area contributed by atoms with Gasteiger partial charge in [-0.1, -0.05) is 81.3 Å². The van der Waals surface area contributed by atoms with Crippen LogP contribution in [0.5, 0.6) is 11.5 Å². The fraction of sp³-hybridized carbons (Fsp3) is 0.227. The third-order valence-electron chi connectivity index (χ3n) is 8.40. The standard InChI is InChI=1S/C44H42O8/c1-3-5-10-31-14-18-35(19-15-31)42(46)50-38-26-22-34(23-27-38)41(45)49-30-40(33-12-8-7-9-13-33)52-44(48)37-24-28-39(29-25-37)51-43(47)36-20-16-32(17-21-36)11-6-4-2/h7-9,12-29,40H,3-6,10-11,30H2,1-2H3. The first-order valence-electron chi connectivity index (χ1n) is 17.6. The Bertz CT molecular complexity index is 1910. The lowest BCUT2D eigenvalue weighted by Crippen LogP contribution is -2.19. The summed E-state index contributed by atoms with van der Waals surface area (Å²) in [5.74, 6) is -1.72. The minimum Gasteiger partial charge on any atom is -0.458 e. The summed E-state index contributed by atoms with van der Waals surface area (Å²) in [5, 5.41) is 0. The van der Waals surface area contributed by atoms with Gasteiger partial charge < -0.3 is 18.9 Å². The van der Waals surface area contributed by atoms with Crippen LogP contribution >= 0.6 is 0 Å². The van der Waals surface area contributed by atoms with Crippen molar-refractivity contribution in [3.63, 3.8) is 0 Å². The predicted octanol–water partition coefficient (Wildman–Crippen LogP) is 9.57. The maximum atomic E-state index is 13.2. The van der Waals surface area contributed by atoms with E-state index in [0.29, 0.717) is 16.7 Å². The van der Waals surface area contributed by atoms with E-state index in [1.807, 2.05) is 30.3 Å². The number of carbonyl (C=O) groups is 4.